The van der Waals surface area contributed by atoms with E-state index in [1.165, 1.54) is 6.07 Å². The molecule has 0 aromatic heterocycles. The van der Waals surface area contributed by atoms with Crippen molar-refractivity contribution in [1.82, 2.24) is 0 Å². The zero-order chi connectivity index (χ0) is 13.0. The zero-order valence-corrected chi connectivity index (χ0v) is 9.18. The van der Waals surface area contributed by atoms with Crippen LogP contribution in [0.5, 0.6) is 11.5 Å². The van der Waals surface area contributed by atoms with Crippen LogP contribution in [0.2, 0.25) is 0 Å². The molecule has 0 N–H and O–H groups in total. The first-order valence-electron chi connectivity index (χ1n) is 4.62. The summed E-state index contributed by atoms with van der Waals surface area (Å²) in [5.74, 6) is -2.76. The van der Waals surface area contributed by atoms with E-state index in [1.807, 2.05) is 0 Å². The zero-order valence-electron chi connectivity index (χ0n) is 9.18. The average molecular weight is 237 g/mol. The van der Waals surface area contributed by atoms with Crippen LogP contribution < -0.4 is 14.6 Å². The van der Waals surface area contributed by atoms with Crippen molar-refractivity contribution in [3.63, 3.8) is 0 Å². The van der Waals surface area contributed by atoms with Crippen molar-refractivity contribution < 1.29 is 29.0 Å². The molecule has 0 saturated carbocycles. The van der Waals surface area contributed by atoms with Gasteiger partial charge in [-0.1, -0.05) is 0 Å². The largest absolute Gasteiger partial charge is 0.545 e. The number of hydrogen-bond donors (Lipinski definition) is 0. The van der Waals surface area contributed by atoms with Crippen molar-refractivity contribution in [2.75, 3.05) is 0 Å². The number of esters is 2. The predicted octanol–water partition coefficient (Wildman–Crippen LogP) is -0.0993. The van der Waals surface area contributed by atoms with Gasteiger partial charge in [-0.15, -0.1) is 0 Å². The molecule has 0 bridgehead atoms. The minimum atomic E-state index is -1.47. The van der Waals surface area contributed by atoms with Crippen LogP contribution in [0.4, 0.5) is 0 Å². The second kappa shape index (κ2) is 5.11. The Morgan fingerprint density at radius 1 is 0.941 bits per heavy atom. The van der Waals surface area contributed by atoms with E-state index < -0.39 is 17.9 Å². The molecule has 1 aromatic rings. The number of benzene rings is 1. The van der Waals surface area contributed by atoms with Gasteiger partial charge in [-0.3, -0.25) is 9.59 Å². The van der Waals surface area contributed by atoms with Gasteiger partial charge in [0.1, 0.15) is 11.5 Å². The highest BCUT2D eigenvalue weighted by atomic mass is 16.5. The summed E-state index contributed by atoms with van der Waals surface area (Å²) in [6.45, 7) is 2.33. The van der Waals surface area contributed by atoms with Gasteiger partial charge in [0.2, 0.25) is 0 Å². The van der Waals surface area contributed by atoms with Gasteiger partial charge >= 0.3 is 11.9 Å². The van der Waals surface area contributed by atoms with E-state index in [0.717, 1.165) is 26.0 Å². The number of carbonyl (C=O) groups is 3. The van der Waals surface area contributed by atoms with Gasteiger partial charge in [0.15, 0.2) is 0 Å². The molecule has 0 saturated heterocycles. The van der Waals surface area contributed by atoms with E-state index in [-0.39, 0.29) is 17.1 Å². The third-order valence-corrected chi connectivity index (χ3v) is 1.64. The smallest absolute Gasteiger partial charge is 0.308 e. The Bertz CT molecular complexity index is 443. The Morgan fingerprint density at radius 2 is 1.35 bits per heavy atom. The van der Waals surface area contributed by atoms with Gasteiger partial charge in [0, 0.05) is 25.5 Å². The predicted molar refractivity (Wildman–Crippen MR) is 53.4 cm³/mol. The van der Waals surface area contributed by atoms with E-state index in [9.17, 15) is 19.5 Å². The highest BCUT2D eigenvalue weighted by molar-refractivity contribution is 5.87. The lowest BCUT2D eigenvalue weighted by atomic mass is 10.2. The van der Waals surface area contributed by atoms with Crippen LogP contribution in [-0.4, -0.2) is 17.9 Å². The van der Waals surface area contributed by atoms with Crippen LogP contribution in [0.1, 0.15) is 24.2 Å². The molecule has 0 aliphatic heterocycles. The van der Waals surface area contributed by atoms with Gasteiger partial charge in [-0.2, -0.15) is 0 Å². The molecule has 1 aromatic carbocycles. The molecule has 0 fully saturated rings. The highest BCUT2D eigenvalue weighted by Crippen LogP contribution is 2.23. The minimum absolute atomic E-state index is 0.0320. The molecule has 0 spiro atoms. The average Bonchev–Trinajstić information content (AvgIpc) is 2.14. The van der Waals surface area contributed by atoms with Crippen LogP contribution in [0, 0.1) is 0 Å². The van der Waals surface area contributed by atoms with Crippen molar-refractivity contribution in [1.29, 1.82) is 0 Å². The van der Waals surface area contributed by atoms with E-state index in [4.69, 9.17) is 9.47 Å². The molecule has 0 heterocycles. The second-order valence-electron chi connectivity index (χ2n) is 3.17. The topological polar surface area (TPSA) is 92.7 Å². The molecule has 6 heteroatoms. The Morgan fingerprint density at radius 3 is 1.65 bits per heavy atom. The van der Waals surface area contributed by atoms with E-state index in [1.54, 1.807) is 0 Å². The van der Waals surface area contributed by atoms with E-state index in [2.05, 4.69) is 0 Å². The fourth-order valence-electron chi connectivity index (χ4n) is 1.14. The SMILES string of the molecule is CC(=O)Oc1cc(OC(C)=O)cc(C(=O)[O-])c1. The van der Waals surface area contributed by atoms with E-state index >= 15 is 0 Å². The molecular weight excluding hydrogens is 228 g/mol. The van der Waals surface area contributed by atoms with E-state index in [0.29, 0.717) is 0 Å². The normalized spacial score (nSPS) is 9.53. The Hall–Kier alpha value is -2.37. The lowest BCUT2D eigenvalue weighted by molar-refractivity contribution is -0.255. The number of hydrogen-bond acceptors (Lipinski definition) is 6. The van der Waals surface area contributed by atoms with Crippen molar-refractivity contribution >= 4 is 17.9 Å². The maximum atomic E-state index is 10.7. The van der Waals surface area contributed by atoms with Gasteiger partial charge in [-0.25, -0.2) is 0 Å². The fourth-order valence-corrected chi connectivity index (χ4v) is 1.14. The molecule has 0 atom stereocenters. The summed E-state index contributed by atoms with van der Waals surface area (Å²) in [6, 6.07) is 3.43. The summed E-state index contributed by atoms with van der Waals surface area (Å²) in [4.78, 5) is 32.2. The fraction of sp³-hybridized carbons (Fsp3) is 0.182. The second-order valence-corrected chi connectivity index (χ2v) is 3.17. The number of carboxylic acids is 1. The molecule has 1 rings (SSSR count). The first kappa shape index (κ1) is 12.7. The standard InChI is InChI=1S/C11H10O6/c1-6(12)16-9-3-8(11(14)15)4-10(5-9)17-7(2)13/h3-5H,1-2H3,(H,14,15)/p-1. The molecule has 6 nitrogen and oxygen atoms in total. The molecule has 90 valence electrons. The first-order chi connectivity index (χ1) is 7.88. The van der Waals surface area contributed by atoms with Crippen molar-refractivity contribution in [3.8, 4) is 11.5 Å². The van der Waals surface area contributed by atoms with Gasteiger partial charge in [0.25, 0.3) is 0 Å². The van der Waals surface area contributed by atoms with Crippen LogP contribution in [0.15, 0.2) is 18.2 Å². The monoisotopic (exact) mass is 237 g/mol. The summed E-state index contributed by atoms with van der Waals surface area (Å²) >= 11 is 0. The van der Waals surface area contributed by atoms with Crippen LogP contribution in [-0.2, 0) is 9.59 Å². The maximum Gasteiger partial charge on any atom is 0.308 e. The Labute approximate surface area is 96.8 Å². The Kier molecular flexibility index (Phi) is 3.82. The number of rotatable bonds is 3. The Balaban J connectivity index is 3.13. The summed E-state index contributed by atoms with van der Waals surface area (Å²) in [5.41, 5.74) is -0.250. The first-order valence-corrected chi connectivity index (χ1v) is 4.62. The molecule has 0 aliphatic carbocycles. The van der Waals surface area contributed by atoms with Crippen LogP contribution in [0.25, 0.3) is 0 Å². The lowest BCUT2D eigenvalue weighted by Crippen LogP contribution is -2.22. The molecular formula is C11H9O6-. The van der Waals surface area contributed by atoms with Gasteiger partial charge in [-0.05, 0) is 12.1 Å². The summed E-state index contributed by atoms with van der Waals surface area (Å²) in [7, 11) is 0. The number of carboxylic acid groups (broad SMARTS) is 1. The van der Waals surface area contributed by atoms with Gasteiger partial charge < -0.3 is 19.4 Å². The number of ether oxygens (including phenoxy) is 2. The lowest BCUT2D eigenvalue weighted by Gasteiger charge is -2.09. The van der Waals surface area contributed by atoms with Crippen molar-refractivity contribution in [3.05, 3.63) is 23.8 Å². The third kappa shape index (κ3) is 3.94. The summed E-state index contributed by atoms with van der Waals surface area (Å²) < 4.78 is 9.41. The molecule has 17 heavy (non-hydrogen) atoms. The van der Waals surface area contributed by atoms with Crippen molar-refractivity contribution in [2.45, 2.75) is 13.8 Å². The minimum Gasteiger partial charge on any atom is -0.545 e. The summed E-state index contributed by atoms with van der Waals surface area (Å²) in [6.07, 6.45) is 0. The third-order valence-electron chi connectivity index (χ3n) is 1.64. The molecule has 0 unspecified atom stereocenters. The molecule has 0 aliphatic rings. The van der Waals surface area contributed by atoms with Crippen molar-refractivity contribution in [2.24, 2.45) is 0 Å². The number of carbonyl (C=O) groups excluding carboxylic acids is 3. The van der Waals surface area contributed by atoms with Gasteiger partial charge in [0.05, 0.1) is 5.97 Å². The highest BCUT2D eigenvalue weighted by Gasteiger charge is 2.07. The summed E-state index contributed by atoms with van der Waals surface area (Å²) in [5, 5.41) is 10.7. The van der Waals surface area contributed by atoms with Crippen LogP contribution in [0.3, 0.4) is 0 Å². The maximum absolute atomic E-state index is 10.7. The quantitative estimate of drug-likeness (QED) is 0.538. The van der Waals surface area contributed by atoms with Crippen LogP contribution >= 0.6 is 0 Å². The molecule has 0 amide bonds. The molecule has 0 radical (unpaired) electrons. The number of aromatic carboxylic acids is 1.